The Bertz CT molecular complexity index is 1650. The standard InChI is InChI=1S/C30H31N7O2S2.C2H6/c1-20-26(40-28(33-20)22-6-5-9-31-18-22)27(38)34-24-8-4-3-7-23(24)29-35-25-16-21(17-32-30(25)41-29)19-37-12-10-36(11-13-37)14-15-39-2;1-2/h3-9,16-18H,10-15,19H2,1-2H3,(H,34,38);1-2H3. The van der Waals surface area contributed by atoms with Crippen LogP contribution < -0.4 is 5.32 Å². The van der Waals surface area contributed by atoms with Crippen molar-refractivity contribution in [2.24, 2.45) is 0 Å². The van der Waals surface area contributed by atoms with E-state index in [0.29, 0.717) is 16.3 Å². The molecule has 1 fully saturated rings. The van der Waals surface area contributed by atoms with Crippen LogP contribution in [0.2, 0.25) is 0 Å². The van der Waals surface area contributed by atoms with Crippen LogP contribution in [0.5, 0.6) is 0 Å². The number of carbonyl (C=O) groups is 1. The topological polar surface area (TPSA) is 96.4 Å². The molecule has 5 heterocycles. The number of nitrogens with one attached hydrogen (secondary N) is 1. The number of hydrogen-bond donors (Lipinski definition) is 1. The van der Waals surface area contributed by atoms with E-state index >= 15 is 0 Å². The lowest BCUT2D eigenvalue weighted by Gasteiger charge is -2.34. The number of aromatic nitrogens is 4. The van der Waals surface area contributed by atoms with E-state index in [2.05, 4.69) is 31.2 Å². The summed E-state index contributed by atoms with van der Waals surface area (Å²) in [6, 6.07) is 13.7. The van der Waals surface area contributed by atoms with E-state index in [1.165, 1.54) is 22.7 Å². The Balaban J connectivity index is 0.00000180. The zero-order valence-electron chi connectivity index (χ0n) is 25.0. The summed E-state index contributed by atoms with van der Waals surface area (Å²) in [4.78, 5) is 38.2. The predicted molar refractivity (Wildman–Crippen MR) is 176 cm³/mol. The largest absolute Gasteiger partial charge is 0.383 e. The summed E-state index contributed by atoms with van der Waals surface area (Å²) >= 11 is 2.90. The molecule has 1 saturated heterocycles. The number of nitrogens with zero attached hydrogens (tertiary/aromatic N) is 6. The zero-order chi connectivity index (χ0) is 30.2. The Labute approximate surface area is 260 Å². The summed E-state index contributed by atoms with van der Waals surface area (Å²) in [5.74, 6) is -0.188. The van der Waals surface area contributed by atoms with Crippen molar-refractivity contribution in [3.63, 3.8) is 0 Å². The van der Waals surface area contributed by atoms with Gasteiger partial charge in [-0.2, -0.15) is 0 Å². The summed E-state index contributed by atoms with van der Waals surface area (Å²) < 4.78 is 5.21. The van der Waals surface area contributed by atoms with E-state index in [-0.39, 0.29) is 5.91 Å². The van der Waals surface area contributed by atoms with Gasteiger partial charge in [0.15, 0.2) is 0 Å². The number of aryl methyl sites for hydroxylation is 1. The first-order chi connectivity index (χ1) is 21.1. The number of anilines is 1. The van der Waals surface area contributed by atoms with Crippen molar-refractivity contribution in [2.75, 3.05) is 51.8 Å². The first kappa shape index (κ1) is 30.8. The van der Waals surface area contributed by atoms with Gasteiger partial charge in [-0.05, 0) is 42.8 Å². The van der Waals surface area contributed by atoms with Gasteiger partial charge in [-0.25, -0.2) is 15.0 Å². The number of hydrogen-bond acceptors (Lipinski definition) is 10. The number of pyridine rings is 2. The highest BCUT2D eigenvalue weighted by Gasteiger charge is 2.20. The van der Waals surface area contributed by atoms with Crippen molar-refractivity contribution >= 4 is 44.6 Å². The van der Waals surface area contributed by atoms with E-state index in [1.807, 2.05) is 63.4 Å². The minimum Gasteiger partial charge on any atom is -0.383 e. The molecule has 0 spiro atoms. The van der Waals surface area contributed by atoms with Crippen molar-refractivity contribution in [1.82, 2.24) is 29.7 Å². The summed E-state index contributed by atoms with van der Waals surface area (Å²) in [6.45, 7) is 12.6. The fourth-order valence-corrected chi connectivity index (χ4v) is 6.77. The predicted octanol–water partition coefficient (Wildman–Crippen LogP) is 6.23. The smallest absolute Gasteiger partial charge is 0.267 e. The van der Waals surface area contributed by atoms with Crippen LogP contribution in [0.15, 0.2) is 61.1 Å². The van der Waals surface area contributed by atoms with Crippen LogP contribution in [-0.4, -0.2) is 82.1 Å². The lowest BCUT2D eigenvalue weighted by Crippen LogP contribution is -2.46. The molecule has 0 aliphatic carbocycles. The first-order valence-corrected chi connectivity index (χ1v) is 16.2. The molecule has 0 atom stereocenters. The molecule has 43 heavy (non-hydrogen) atoms. The maximum absolute atomic E-state index is 13.3. The molecule has 0 saturated carbocycles. The number of carbonyl (C=O) groups excluding carboxylic acids is 1. The van der Waals surface area contributed by atoms with Crippen LogP contribution in [0, 0.1) is 6.92 Å². The fraction of sp³-hybridized carbons (Fsp3) is 0.344. The van der Waals surface area contributed by atoms with E-state index in [4.69, 9.17) is 14.7 Å². The minimum absolute atomic E-state index is 0.188. The van der Waals surface area contributed by atoms with Crippen molar-refractivity contribution < 1.29 is 9.53 Å². The van der Waals surface area contributed by atoms with Gasteiger partial charge in [0.25, 0.3) is 5.91 Å². The molecule has 11 heteroatoms. The normalized spacial score (nSPS) is 14.0. The quantitative estimate of drug-likeness (QED) is 0.209. The van der Waals surface area contributed by atoms with Gasteiger partial charge >= 0.3 is 0 Å². The number of para-hydroxylation sites is 1. The van der Waals surface area contributed by atoms with Crippen molar-refractivity contribution in [2.45, 2.75) is 27.3 Å². The molecule has 0 unspecified atom stereocenters. The lowest BCUT2D eigenvalue weighted by molar-refractivity contribution is 0.0938. The summed E-state index contributed by atoms with van der Waals surface area (Å²) in [5.41, 5.74) is 5.20. The van der Waals surface area contributed by atoms with Gasteiger partial charge in [0.2, 0.25) is 0 Å². The van der Waals surface area contributed by atoms with Crippen molar-refractivity contribution in [1.29, 1.82) is 0 Å². The Morgan fingerprint density at radius 2 is 1.77 bits per heavy atom. The molecule has 9 nitrogen and oxygen atoms in total. The van der Waals surface area contributed by atoms with Gasteiger partial charge in [0.05, 0.1) is 18.0 Å². The summed E-state index contributed by atoms with van der Waals surface area (Å²) in [6.07, 6.45) is 5.44. The van der Waals surface area contributed by atoms with Crippen LogP contribution in [0.3, 0.4) is 0 Å². The van der Waals surface area contributed by atoms with Crippen LogP contribution in [-0.2, 0) is 11.3 Å². The van der Waals surface area contributed by atoms with Gasteiger partial charge < -0.3 is 10.1 Å². The number of thiazole rings is 2. The number of methoxy groups -OCH3 is 1. The second-order valence-corrected chi connectivity index (χ2v) is 11.9. The first-order valence-electron chi connectivity index (χ1n) is 14.5. The maximum Gasteiger partial charge on any atom is 0.267 e. The average molecular weight is 616 g/mol. The van der Waals surface area contributed by atoms with Crippen LogP contribution in [0.25, 0.3) is 31.5 Å². The van der Waals surface area contributed by atoms with E-state index in [9.17, 15) is 4.79 Å². The monoisotopic (exact) mass is 615 g/mol. The third-order valence-corrected chi connectivity index (χ3v) is 9.32. The molecule has 1 N–H and O–H groups in total. The Kier molecular flexibility index (Phi) is 10.6. The molecule has 0 bridgehead atoms. The SMILES string of the molecule is CC.COCCN1CCN(Cc2cnc3sc(-c4ccccc4NC(=O)c4sc(-c5cccnc5)nc4C)nc3c2)CC1. The second kappa shape index (κ2) is 14.7. The third kappa shape index (κ3) is 7.49. The number of benzene rings is 1. The molecular formula is C32H37N7O2S2. The van der Waals surface area contributed by atoms with Crippen LogP contribution in [0.4, 0.5) is 5.69 Å². The molecule has 6 rings (SSSR count). The Morgan fingerprint density at radius 1 is 0.977 bits per heavy atom. The van der Waals surface area contributed by atoms with E-state index in [0.717, 1.165) is 82.9 Å². The van der Waals surface area contributed by atoms with Gasteiger partial charge in [-0.15, -0.1) is 11.3 Å². The van der Waals surface area contributed by atoms with Crippen molar-refractivity contribution in [3.05, 3.63) is 77.2 Å². The molecule has 5 aromatic rings. The van der Waals surface area contributed by atoms with Crippen LogP contribution >= 0.6 is 22.7 Å². The number of ether oxygens (including phenoxy) is 1. The molecular weight excluding hydrogens is 579 g/mol. The highest BCUT2D eigenvalue weighted by atomic mass is 32.1. The maximum atomic E-state index is 13.3. The molecule has 224 valence electrons. The Morgan fingerprint density at radius 3 is 2.53 bits per heavy atom. The van der Waals surface area contributed by atoms with Crippen molar-refractivity contribution in [3.8, 4) is 21.1 Å². The molecule has 1 amide bonds. The number of amides is 1. The fourth-order valence-electron chi connectivity index (χ4n) is 4.89. The van der Waals surface area contributed by atoms with Gasteiger partial charge in [0.1, 0.15) is 25.2 Å². The summed E-state index contributed by atoms with van der Waals surface area (Å²) in [5, 5.41) is 4.70. The van der Waals surface area contributed by atoms with E-state index in [1.54, 1.807) is 19.5 Å². The van der Waals surface area contributed by atoms with E-state index < -0.39 is 0 Å². The Hall–Kier alpha value is -3.61. The summed E-state index contributed by atoms with van der Waals surface area (Å²) in [7, 11) is 1.75. The molecule has 4 aromatic heterocycles. The van der Waals surface area contributed by atoms with Gasteiger partial charge in [0, 0.05) is 76.1 Å². The molecule has 1 aliphatic heterocycles. The number of rotatable bonds is 9. The number of piperazine rings is 1. The van der Waals surface area contributed by atoms with Gasteiger partial charge in [-0.1, -0.05) is 37.3 Å². The average Bonchev–Trinajstić information content (AvgIpc) is 3.66. The number of fused-ring (bicyclic) bond motifs is 1. The molecule has 1 aromatic carbocycles. The molecule has 0 radical (unpaired) electrons. The highest BCUT2D eigenvalue weighted by Crippen LogP contribution is 2.35. The lowest BCUT2D eigenvalue weighted by atomic mass is 10.2. The highest BCUT2D eigenvalue weighted by molar-refractivity contribution is 7.21. The van der Waals surface area contributed by atoms with Crippen LogP contribution in [0.1, 0.15) is 34.8 Å². The minimum atomic E-state index is -0.188. The second-order valence-electron chi connectivity index (χ2n) is 9.97. The third-order valence-electron chi connectivity index (χ3n) is 7.10. The van der Waals surface area contributed by atoms with Gasteiger partial charge in [-0.3, -0.25) is 19.6 Å². The zero-order valence-corrected chi connectivity index (χ0v) is 26.7. The molecule has 1 aliphatic rings.